The maximum absolute atomic E-state index is 5.92. The zero-order valence-electron chi connectivity index (χ0n) is 11.9. The molecule has 1 heterocycles. The van der Waals surface area contributed by atoms with Gasteiger partial charge in [-0.15, -0.1) is 0 Å². The molecular weight excluding hydrogens is 320 g/mol. The van der Waals surface area contributed by atoms with E-state index in [1.165, 1.54) is 0 Å². The third-order valence-corrected chi connectivity index (χ3v) is 3.36. The molecule has 2 aromatic rings. The van der Waals surface area contributed by atoms with Gasteiger partial charge in [0.2, 0.25) is 0 Å². The lowest BCUT2D eigenvalue weighted by Crippen LogP contribution is -2.18. The number of benzene rings is 1. The third kappa shape index (κ3) is 3.84. The van der Waals surface area contributed by atoms with Crippen LogP contribution in [0.3, 0.4) is 0 Å². The van der Waals surface area contributed by atoms with Gasteiger partial charge in [0, 0.05) is 16.6 Å². The summed E-state index contributed by atoms with van der Waals surface area (Å²) in [6.45, 7) is 6.27. The molecule has 1 unspecified atom stereocenters. The normalized spacial score (nSPS) is 12.4. The zero-order valence-corrected chi connectivity index (χ0v) is 13.5. The van der Waals surface area contributed by atoms with Gasteiger partial charge in [-0.1, -0.05) is 21.1 Å². The first kappa shape index (κ1) is 15.1. The SMILES string of the molecule is Cc1cc(COc2c(C)cc(Br)cc2CC(C)N)no1. The quantitative estimate of drug-likeness (QED) is 0.905. The molecule has 0 aliphatic rings. The van der Waals surface area contributed by atoms with E-state index < -0.39 is 0 Å². The fourth-order valence-electron chi connectivity index (χ4n) is 2.14. The van der Waals surface area contributed by atoms with E-state index in [2.05, 4.69) is 27.2 Å². The van der Waals surface area contributed by atoms with E-state index in [4.69, 9.17) is 15.0 Å². The summed E-state index contributed by atoms with van der Waals surface area (Å²) in [6, 6.07) is 6.05. The Labute approximate surface area is 127 Å². The van der Waals surface area contributed by atoms with E-state index in [1.54, 1.807) is 0 Å². The second kappa shape index (κ2) is 6.41. The molecule has 4 nitrogen and oxygen atoms in total. The molecule has 2 N–H and O–H groups in total. The van der Waals surface area contributed by atoms with Gasteiger partial charge >= 0.3 is 0 Å². The Balaban J connectivity index is 2.20. The van der Waals surface area contributed by atoms with Crippen LogP contribution in [0.4, 0.5) is 0 Å². The zero-order chi connectivity index (χ0) is 14.7. The predicted molar refractivity (Wildman–Crippen MR) is 81.8 cm³/mol. The van der Waals surface area contributed by atoms with Gasteiger partial charge in [0.25, 0.3) is 0 Å². The molecule has 0 saturated carbocycles. The van der Waals surface area contributed by atoms with Gasteiger partial charge in [0.15, 0.2) is 0 Å². The summed E-state index contributed by atoms with van der Waals surface area (Å²) in [5, 5.41) is 3.93. The van der Waals surface area contributed by atoms with Crippen LogP contribution in [-0.4, -0.2) is 11.2 Å². The van der Waals surface area contributed by atoms with Crippen molar-refractivity contribution >= 4 is 15.9 Å². The molecule has 0 radical (unpaired) electrons. The summed E-state index contributed by atoms with van der Waals surface area (Å²) < 4.78 is 12.0. The van der Waals surface area contributed by atoms with Crippen molar-refractivity contribution in [1.82, 2.24) is 5.16 Å². The van der Waals surface area contributed by atoms with Crippen molar-refractivity contribution in [2.24, 2.45) is 5.73 Å². The Bertz CT molecular complexity index is 594. The second-order valence-corrected chi connectivity index (χ2v) is 6.03. The molecule has 1 aromatic heterocycles. The lowest BCUT2D eigenvalue weighted by molar-refractivity contribution is 0.283. The molecule has 0 spiro atoms. The maximum Gasteiger partial charge on any atom is 0.134 e. The molecule has 0 saturated heterocycles. The third-order valence-electron chi connectivity index (χ3n) is 2.90. The maximum atomic E-state index is 5.92. The van der Waals surface area contributed by atoms with Crippen LogP contribution < -0.4 is 10.5 Å². The summed E-state index contributed by atoms with van der Waals surface area (Å²) in [6.07, 6.45) is 0.771. The fourth-order valence-corrected chi connectivity index (χ4v) is 2.76. The molecule has 1 aromatic carbocycles. The van der Waals surface area contributed by atoms with Crippen molar-refractivity contribution in [3.8, 4) is 5.75 Å². The van der Waals surface area contributed by atoms with Crippen LogP contribution in [0.1, 0.15) is 29.5 Å². The van der Waals surface area contributed by atoms with Crippen LogP contribution in [-0.2, 0) is 13.0 Å². The smallest absolute Gasteiger partial charge is 0.134 e. The number of aryl methyl sites for hydroxylation is 2. The minimum atomic E-state index is 0.0837. The lowest BCUT2D eigenvalue weighted by atomic mass is 10.0. The van der Waals surface area contributed by atoms with Crippen molar-refractivity contribution in [2.75, 3.05) is 0 Å². The van der Waals surface area contributed by atoms with Gasteiger partial charge < -0.3 is 15.0 Å². The van der Waals surface area contributed by atoms with Crippen LogP contribution in [0.25, 0.3) is 0 Å². The van der Waals surface area contributed by atoms with Gasteiger partial charge in [0.05, 0.1) is 0 Å². The van der Waals surface area contributed by atoms with E-state index in [0.29, 0.717) is 6.61 Å². The first-order valence-electron chi connectivity index (χ1n) is 6.55. The lowest BCUT2D eigenvalue weighted by Gasteiger charge is -2.15. The minimum Gasteiger partial charge on any atom is -0.487 e. The topological polar surface area (TPSA) is 61.3 Å². The highest BCUT2D eigenvalue weighted by Gasteiger charge is 2.12. The highest BCUT2D eigenvalue weighted by atomic mass is 79.9. The molecule has 5 heteroatoms. The first-order chi connectivity index (χ1) is 9.45. The summed E-state index contributed by atoms with van der Waals surface area (Å²) in [4.78, 5) is 0. The number of hydrogen-bond donors (Lipinski definition) is 1. The standard InChI is InChI=1S/C15H19BrN2O2/c1-9-4-13(16)7-12(5-10(2)17)15(9)19-8-14-6-11(3)20-18-14/h4,6-7,10H,5,8,17H2,1-3H3. The highest BCUT2D eigenvalue weighted by molar-refractivity contribution is 9.10. The summed E-state index contributed by atoms with van der Waals surface area (Å²) in [5.74, 6) is 1.66. The molecule has 108 valence electrons. The number of ether oxygens (including phenoxy) is 1. The van der Waals surface area contributed by atoms with Gasteiger partial charge in [0.1, 0.15) is 23.8 Å². The first-order valence-corrected chi connectivity index (χ1v) is 7.34. The molecule has 0 amide bonds. The van der Waals surface area contributed by atoms with Crippen molar-refractivity contribution in [3.63, 3.8) is 0 Å². The number of nitrogens with two attached hydrogens (primary N) is 1. The number of halogens is 1. The van der Waals surface area contributed by atoms with Crippen LogP contribution >= 0.6 is 15.9 Å². The van der Waals surface area contributed by atoms with E-state index in [1.807, 2.05) is 32.9 Å². The van der Waals surface area contributed by atoms with Crippen LogP contribution in [0.5, 0.6) is 5.75 Å². The number of hydrogen-bond acceptors (Lipinski definition) is 4. The average Bonchev–Trinajstić information content (AvgIpc) is 2.73. The van der Waals surface area contributed by atoms with E-state index >= 15 is 0 Å². The second-order valence-electron chi connectivity index (χ2n) is 5.11. The van der Waals surface area contributed by atoms with Crippen molar-refractivity contribution in [3.05, 3.63) is 45.3 Å². The molecule has 0 fully saturated rings. The molecule has 1 atom stereocenters. The van der Waals surface area contributed by atoms with Crippen LogP contribution in [0.15, 0.2) is 27.2 Å². The molecule has 0 aliphatic heterocycles. The molecule has 0 aliphatic carbocycles. The van der Waals surface area contributed by atoms with Crippen LogP contribution in [0.2, 0.25) is 0 Å². The molecule has 0 bridgehead atoms. The Morgan fingerprint density at radius 2 is 2.10 bits per heavy atom. The van der Waals surface area contributed by atoms with E-state index in [-0.39, 0.29) is 6.04 Å². The molecular formula is C15H19BrN2O2. The van der Waals surface area contributed by atoms with E-state index in [9.17, 15) is 0 Å². The van der Waals surface area contributed by atoms with Crippen LogP contribution in [0, 0.1) is 13.8 Å². The Hall–Kier alpha value is -1.33. The summed E-state index contributed by atoms with van der Waals surface area (Å²) >= 11 is 3.51. The molecule has 2 rings (SSSR count). The number of aromatic nitrogens is 1. The molecule has 20 heavy (non-hydrogen) atoms. The fraction of sp³-hybridized carbons (Fsp3) is 0.400. The Morgan fingerprint density at radius 1 is 1.35 bits per heavy atom. The summed E-state index contributed by atoms with van der Waals surface area (Å²) in [5.41, 5.74) is 8.88. The minimum absolute atomic E-state index is 0.0837. The summed E-state index contributed by atoms with van der Waals surface area (Å²) in [7, 11) is 0. The monoisotopic (exact) mass is 338 g/mol. The highest BCUT2D eigenvalue weighted by Crippen LogP contribution is 2.29. The van der Waals surface area contributed by atoms with Crippen molar-refractivity contribution in [2.45, 2.75) is 39.8 Å². The van der Waals surface area contributed by atoms with Gasteiger partial charge in [-0.25, -0.2) is 0 Å². The van der Waals surface area contributed by atoms with Crippen molar-refractivity contribution in [1.29, 1.82) is 0 Å². The van der Waals surface area contributed by atoms with Crippen molar-refractivity contribution < 1.29 is 9.26 Å². The average molecular weight is 339 g/mol. The predicted octanol–water partition coefficient (Wildman–Crippen LogP) is 3.52. The van der Waals surface area contributed by atoms with E-state index in [0.717, 1.165) is 39.2 Å². The Morgan fingerprint density at radius 3 is 2.70 bits per heavy atom. The van der Waals surface area contributed by atoms with Gasteiger partial charge in [-0.05, 0) is 50.5 Å². The number of rotatable bonds is 5. The largest absolute Gasteiger partial charge is 0.487 e. The Kier molecular flexibility index (Phi) is 4.83. The van der Waals surface area contributed by atoms with Gasteiger partial charge in [-0.2, -0.15) is 0 Å². The number of nitrogens with zero attached hydrogens (tertiary/aromatic N) is 1. The van der Waals surface area contributed by atoms with Gasteiger partial charge in [-0.3, -0.25) is 0 Å².